The minimum atomic E-state index is -5.29. The van der Waals surface area contributed by atoms with E-state index >= 15 is 0 Å². The Balaban J connectivity index is 2.25. The zero-order valence-corrected chi connectivity index (χ0v) is 10.4. The molecule has 3 unspecified atom stereocenters. The van der Waals surface area contributed by atoms with Crippen LogP contribution in [0.3, 0.4) is 0 Å². The van der Waals surface area contributed by atoms with E-state index in [2.05, 4.69) is 0 Å². The average molecular weight is 268 g/mol. The van der Waals surface area contributed by atoms with Crippen molar-refractivity contribution >= 4 is 10.1 Å². The molecule has 0 amide bonds. The molecule has 2 aliphatic rings. The van der Waals surface area contributed by atoms with Crippen LogP contribution in [0.1, 0.15) is 44.9 Å². The summed E-state index contributed by atoms with van der Waals surface area (Å²) < 4.78 is 57.9. The first-order chi connectivity index (χ1) is 7.84. The van der Waals surface area contributed by atoms with E-state index in [0.29, 0.717) is 12.8 Å². The van der Waals surface area contributed by atoms with Crippen molar-refractivity contribution in [2.24, 2.45) is 17.8 Å². The highest BCUT2D eigenvalue weighted by Gasteiger charge is 2.56. The van der Waals surface area contributed by atoms with E-state index in [-0.39, 0.29) is 18.3 Å². The summed E-state index contributed by atoms with van der Waals surface area (Å²) in [5.74, 6) is -1.22. The molecule has 0 radical (unpaired) electrons. The van der Waals surface area contributed by atoms with Crippen LogP contribution in [-0.4, -0.2) is 18.2 Å². The van der Waals surface area contributed by atoms with Gasteiger partial charge in [-0.15, -0.1) is 0 Å². The SMILES string of the molecule is O=S(=O)(O)C(F)(F)C1CCCC2CCCCC21. The Bertz CT molecular complexity index is 378. The van der Waals surface area contributed by atoms with Gasteiger partial charge in [-0.25, -0.2) is 0 Å². The second kappa shape index (κ2) is 4.46. The zero-order chi connectivity index (χ0) is 12.7. The lowest BCUT2D eigenvalue weighted by Crippen LogP contribution is -2.45. The highest BCUT2D eigenvalue weighted by atomic mass is 32.2. The lowest BCUT2D eigenvalue weighted by molar-refractivity contribution is -0.0548. The van der Waals surface area contributed by atoms with Gasteiger partial charge in [0.25, 0.3) is 0 Å². The van der Waals surface area contributed by atoms with Gasteiger partial charge in [0.1, 0.15) is 0 Å². The third-order valence-corrected chi connectivity index (χ3v) is 5.34. The van der Waals surface area contributed by atoms with Gasteiger partial charge in [-0.2, -0.15) is 17.2 Å². The maximum Gasteiger partial charge on any atom is 0.372 e. The number of hydrogen-bond acceptors (Lipinski definition) is 2. The van der Waals surface area contributed by atoms with Crippen LogP contribution in [0.25, 0.3) is 0 Å². The highest BCUT2D eigenvalue weighted by molar-refractivity contribution is 7.86. The number of halogens is 2. The smallest absolute Gasteiger partial charge is 0.281 e. The summed E-state index contributed by atoms with van der Waals surface area (Å²) >= 11 is 0. The molecule has 0 spiro atoms. The van der Waals surface area contributed by atoms with E-state index in [4.69, 9.17) is 4.55 Å². The highest BCUT2D eigenvalue weighted by Crippen LogP contribution is 2.50. The van der Waals surface area contributed by atoms with Crippen LogP contribution in [0.4, 0.5) is 8.78 Å². The van der Waals surface area contributed by atoms with Crippen molar-refractivity contribution in [1.29, 1.82) is 0 Å². The third-order valence-electron chi connectivity index (χ3n) is 4.35. The summed E-state index contributed by atoms with van der Waals surface area (Å²) in [4.78, 5) is 0. The van der Waals surface area contributed by atoms with E-state index in [9.17, 15) is 17.2 Å². The quantitative estimate of drug-likeness (QED) is 0.783. The number of alkyl halides is 2. The molecule has 0 bridgehead atoms. The first-order valence-electron chi connectivity index (χ1n) is 6.19. The van der Waals surface area contributed by atoms with Crippen molar-refractivity contribution in [3.63, 3.8) is 0 Å². The Morgan fingerprint density at radius 2 is 1.59 bits per heavy atom. The normalized spacial score (nSPS) is 35.4. The fraction of sp³-hybridized carbons (Fsp3) is 1.00. The second-order valence-electron chi connectivity index (χ2n) is 5.28. The minimum Gasteiger partial charge on any atom is -0.281 e. The Morgan fingerprint density at radius 1 is 1.00 bits per heavy atom. The van der Waals surface area contributed by atoms with E-state index in [1.165, 1.54) is 0 Å². The molecule has 3 nitrogen and oxygen atoms in total. The molecule has 1 N–H and O–H groups in total. The van der Waals surface area contributed by atoms with E-state index < -0.39 is 21.3 Å². The van der Waals surface area contributed by atoms with E-state index in [1.807, 2.05) is 0 Å². The van der Waals surface area contributed by atoms with Gasteiger partial charge in [0.2, 0.25) is 0 Å². The molecule has 2 saturated carbocycles. The molecule has 2 fully saturated rings. The van der Waals surface area contributed by atoms with Crippen molar-refractivity contribution in [2.75, 3.05) is 0 Å². The second-order valence-corrected chi connectivity index (χ2v) is 6.78. The summed E-state index contributed by atoms with van der Waals surface area (Å²) in [5, 5.41) is -3.98. The molecule has 0 saturated heterocycles. The Kier molecular flexibility index (Phi) is 3.47. The van der Waals surface area contributed by atoms with Gasteiger partial charge in [0.15, 0.2) is 0 Å². The van der Waals surface area contributed by atoms with Crippen LogP contribution >= 0.6 is 0 Å². The summed E-state index contributed by atoms with van der Waals surface area (Å²) in [6, 6.07) is 0. The molecule has 0 aromatic carbocycles. The Hall–Kier alpha value is -0.230. The third kappa shape index (κ3) is 2.34. The molecular weight excluding hydrogens is 250 g/mol. The van der Waals surface area contributed by atoms with Crippen molar-refractivity contribution in [1.82, 2.24) is 0 Å². The van der Waals surface area contributed by atoms with Crippen LogP contribution < -0.4 is 0 Å². The van der Waals surface area contributed by atoms with Crippen LogP contribution in [0.15, 0.2) is 0 Å². The summed E-state index contributed by atoms with van der Waals surface area (Å²) in [7, 11) is -5.29. The lowest BCUT2D eigenvalue weighted by Gasteiger charge is -2.43. The average Bonchev–Trinajstić information content (AvgIpc) is 2.26. The molecule has 0 aliphatic heterocycles. The predicted molar refractivity (Wildman–Crippen MR) is 59.3 cm³/mol. The van der Waals surface area contributed by atoms with Gasteiger partial charge < -0.3 is 0 Å². The molecule has 0 heterocycles. The maximum atomic E-state index is 13.7. The maximum absolute atomic E-state index is 13.7. The Morgan fingerprint density at radius 3 is 2.24 bits per heavy atom. The van der Waals surface area contributed by atoms with Gasteiger partial charge in [0.05, 0.1) is 0 Å². The standard InChI is InChI=1S/C11H18F2O3S/c12-11(13,17(14,15)16)10-7-3-5-8-4-1-2-6-9(8)10/h8-10H,1-7H2,(H,14,15,16). The fourth-order valence-corrected chi connectivity index (χ4v) is 4.22. The van der Waals surface area contributed by atoms with E-state index in [0.717, 1.165) is 25.7 Å². The van der Waals surface area contributed by atoms with Crippen LogP contribution in [0.5, 0.6) is 0 Å². The van der Waals surface area contributed by atoms with Crippen molar-refractivity contribution < 1.29 is 21.8 Å². The largest absolute Gasteiger partial charge is 0.372 e. The van der Waals surface area contributed by atoms with Crippen molar-refractivity contribution in [3.05, 3.63) is 0 Å². The van der Waals surface area contributed by atoms with Crippen LogP contribution in [-0.2, 0) is 10.1 Å². The summed E-state index contributed by atoms with van der Waals surface area (Å²) in [5.41, 5.74) is 0. The zero-order valence-electron chi connectivity index (χ0n) is 9.61. The molecule has 0 aromatic heterocycles. The van der Waals surface area contributed by atoms with Gasteiger partial charge in [-0.05, 0) is 24.7 Å². The summed E-state index contributed by atoms with van der Waals surface area (Å²) in [6.45, 7) is 0. The topological polar surface area (TPSA) is 54.4 Å². The monoisotopic (exact) mass is 268 g/mol. The minimum absolute atomic E-state index is 0.202. The van der Waals surface area contributed by atoms with Gasteiger partial charge in [-0.3, -0.25) is 4.55 Å². The van der Waals surface area contributed by atoms with Crippen LogP contribution in [0, 0.1) is 17.8 Å². The first-order valence-corrected chi connectivity index (χ1v) is 7.63. The van der Waals surface area contributed by atoms with Crippen molar-refractivity contribution in [2.45, 2.75) is 50.2 Å². The predicted octanol–water partition coefficient (Wildman–Crippen LogP) is 3.07. The molecule has 100 valence electrons. The molecule has 0 aromatic rings. The molecule has 17 heavy (non-hydrogen) atoms. The first kappa shape index (κ1) is 13.2. The lowest BCUT2D eigenvalue weighted by atomic mass is 9.65. The van der Waals surface area contributed by atoms with Gasteiger partial charge in [0, 0.05) is 5.92 Å². The number of hydrogen-bond donors (Lipinski definition) is 1. The van der Waals surface area contributed by atoms with Crippen molar-refractivity contribution in [3.8, 4) is 0 Å². The molecule has 3 atom stereocenters. The molecule has 2 rings (SSSR count). The van der Waals surface area contributed by atoms with Crippen LogP contribution in [0.2, 0.25) is 0 Å². The molecule has 6 heteroatoms. The number of rotatable bonds is 2. The summed E-state index contributed by atoms with van der Waals surface area (Å²) in [6.07, 6.45) is 5.28. The molecular formula is C11H18F2O3S. The fourth-order valence-electron chi connectivity index (χ4n) is 3.55. The molecule has 2 aliphatic carbocycles. The number of fused-ring (bicyclic) bond motifs is 1. The van der Waals surface area contributed by atoms with Gasteiger partial charge >= 0.3 is 15.4 Å². The van der Waals surface area contributed by atoms with E-state index in [1.54, 1.807) is 0 Å². The Labute approximate surface area is 100 Å². The van der Waals surface area contributed by atoms with Gasteiger partial charge in [-0.1, -0.05) is 32.1 Å².